The second-order valence-corrected chi connectivity index (χ2v) is 7.80. The van der Waals surface area contributed by atoms with Gasteiger partial charge in [-0.25, -0.2) is 0 Å². The van der Waals surface area contributed by atoms with Gasteiger partial charge in [-0.2, -0.15) is 0 Å². The van der Waals surface area contributed by atoms with Gasteiger partial charge in [0.25, 0.3) is 0 Å². The summed E-state index contributed by atoms with van der Waals surface area (Å²) in [4.78, 5) is 2.82. The summed E-state index contributed by atoms with van der Waals surface area (Å²) in [6.07, 6.45) is 6.60. The summed E-state index contributed by atoms with van der Waals surface area (Å²) in [7, 11) is 6.21. The van der Waals surface area contributed by atoms with Gasteiger partial charge >= 0.3 is 0 Å². The molecular weight excluding hydrogens is 229 g/mol. The molecule has 2 aliphatic rings. The molecular formula is C17H32BN. The lowest BCUT2D eigenvalue weighted by molar-refractivity contribution is -0.0354. The highest BCUT2D eigenvalue weighted by Gasteiger charge is 2.43. The summed E-state index contributed by atoms with van der Waals surface area (Å²) < 4.78 is 0. The van der Waals surface area contributed by atoms with Crippen LogP contribution in [0.3, 0.4) is 0 Å². The molecule has 2 heteroatoms. The maximum atomic E-state index is 6.21. The van der Waals surface area contributed by atoms with Gasteiger partial charge in [-0.15, -0.1) is 0 Å². The quantitative estimate of drug-likeness (QED) is 0.685. The zero-order valence-electron chi connectivity index (χ0n) is 13.6. The van der Waals surface area contributed by atoms with Gasteiger partial charge in [-0.1, -0.05) is 32.5 Å². The van der Waals surface area contributed by atoms with Gasteiger partial charge in [-0.3, -0.25) is 4.90 Å². The van der Waals surface area contributed by atoms with Crippen molar-refractivity contribution >= 4 is 7.85 Å². The highest BCUT2D eigenvalue weighted by Crippen LogP contribution is 2.46. The molecule has 0 bridgehead atoms. The van der Waals surface area contributed by atoms with Gasteiger partial charge in [0, 0.05) is 18.1 Å². The number of hydrogen-bond donors (Lipinski definition) is 0. The lowest BCUT2D eigenvalue weighted by Crippen LogP contribution is -2.56. The third kappa shape index (κ3) is 3.38. The van der Waals surface area contributed by atoms with Gasteiger partial charge in [0.2, 0.25) is 0 Å². The molecule has 108 valence electrons. The molecule has 5 unspecified atom stereocenters. The molecule has 19 heavy (non-hydrogen) atoms. The van der Waals surface area contributed by atoms with E-state index in [9.17, 15) is 0 Å². The minimum absolute atomic E-state index is 0.471. The fourth-order valence-corrected chi connectivity index (χ4v) is 4.91. The second kappa shape index (κ2) is 6.20. The SMILES string of the molecule is [B]C1CCC2C(C1)CC(CC(C)C)N(C(C)C)C2C. The van der Waals surface area contributed by atoms with Crippen LogP contribution in [0.5, 0.6) is 0 Å². The van der Waals surface area contributed by atoms with Gasteiger partial charge in [0.1, 0.15) is 0 Å². The molecule has 0 amide bonds. The van der Waals surface area contributed by atoms with E-state index >= 15 is 0 Å². The molecule has 1 nitrogen and oxygen atoms in total. The largest absolute Gasteiger partial charge is 0.295 e. The normalized spacial score (nSPS) is 40.7. The standard InChI is InChI=1S/C17H32BN/c1-11(2)8-16-10-14-9-15(18)6-7-17(14)13(5)19(16)12(3)4/h11-17H,6-10H2,1-5H3. The molecule has 2 radical (unpaired) electrons. The molecule has 2 rings (SSSR count). The zero-order valence-corrected chi connectivity index (χ0v) is 13.6. The van der Waals surface area contributed by atoms with Crippen LogP contribution in [-0.4, -0.2) is 30.9 Å². The Hall–Kier alpha value is 0.0249. The van der Waals surface area contributed by atoms with Crippen LogP contribution in [-0.2, 0) is 0 Å². The second-order valence-electron chi connectivity index (χ2n) is 7.80. The maximum absolute atomic E-state index is 6.21. The predicted octanol–water partition coefficient (Wildman–Crippen LogP) is 4.28. The third-order valence-electron chi connectivity index (χ3n) is 5.51. The van der Waals surface area contributed by atoms with E-state index < -0.39 is 0 Å². The summed E-state index contributed by atoms with van der Waals surface area (Å²) in [5.41, 5.74) is 0. The van der Waals surface area contributed by atoms with Crippen LogP contribution in [0.15, 0.2) is 0 Å². The molecule has 0 aromatic heterocycles. The number of hydrogen-bond acceptors (Lipinski definition) is 1. The molecule has 0 spiro atoms. The first kappa shape index (κ1) is 15.4. The van der Waals surface area contributed by atoms with Crippen molar-refractivity contribution in [2.75, 3.05) is 0 Å². The maximum Gasteiger partial charge on any atom is 0.0699 e. The fourth-order valence-electron chi connectivity index (χ4n) is 4.91. The summed E-state index contributed by atoms with van der Waals surface area (Å²) in [5.74, 6) is 3.05. The van der Waals surface area contributed by atoms with Gasteiger partial charge in [0.15, 0.2) is 0 Å². The molecule has 0 aromatic rings. The van der Waals surface area contributed by atoms with Crippen LogP contribution in [0.1, 0.15) is 66.7 Å². The molecule has 1 saturated carbocycles. The Balaban J connectivity index is 2.14. The number of piperidine rings is 1. The predicted molar refractivity (Wildman–Crippen MR) is 84.6 cm³/mol. The third-order valence-corrected chi connectivity index (χ3v) is 5.51. The topological polar surface area (TPSA) is 3.24 Å². The number of nitrogens with zero attached hydrogens (tertiary/aromatic N) is 1. The highest BCUT2D eigenvalue weighted by atomic mass is 15.2. The van der Waals surface area contributed by atoms with Crippen LogP contribution in [0.4, 0.5) is 0 Å². The molecule has 1 saturated heterocycles. The van der Waals surface area contributed by atoms with Crippen LogP contribution >= 0.6 is 0 Å². The van der Waals surface area contributed by atoms with E-state index in [2.05, 4.69) is 39.5 Å². The molecule has 2 fully saturated rings. The molecule has 0 N–H and O–H groups in total. The minimum atomic E-state index is 0.471. The zero-order chi connectivity index (χ0) is 14.2. The van der Waals surface area contributed by atoms with E-state index in [1.165, 1.54) is 32.1 Å². The summed E-state index contributed by atoms with van der Waals surface area (Å²) in [5, 5.41) is 0. The van der Waals surface area contributed by atoms with Crippen molar-refractivity contribution in [3.8, 4) is 0 Å². The fraction of sp³-hybridized carbons (Fsp3) is 1.00. The van der Waals surface area contributed by atoms with Crippen molar-refractivity contribution in [1.82, 2.24) is 4.90 Å². The Bertz CT molecular complexity index is 289. The van der Waals surface area contributed by atoms with E-state index in [-0.39, 0.29) is 0 Å². The molecule has 0 aromatic carbocycles. The van der Waals surface area contributed by atoms with E-state index in [0.717, 1.165) is 29.8 Å². The molecule has 1 aliphatic carbocycles. The van der Waals surface area contributed by atoms with Crippen LogP contribution in [0.2, 0.25) is 5.82 Å². The Labute approximate surface area is 121 Å². The van der Waals surface area contributed by atoms with Crippen molar-refractivity contribution in [3.05, 3.63) is 0 Å². The molecule has 1 aliphatic heterocycles. The highest BCUT2D eigenvalue weighted by molar-refractivity contribution is 6.11. The van der Waals surface area contributed by atoms with Crippen molar-refractivity contribution in [1.29, 1.82) is 0 Å². The van der Waals surface area contributed by atoms with E-state index in [1.807, 2.05) is 0 Å². The Morgan fingerprint density at radius 1 is 1.11 bits per heavy atom. The number of rotatable bonds is 3. The summed E-state index contributed by atoms with van der Waals surface area (Å²) in [6.45, 7) is 11.9. The summed E-state index contributed by atoms with van der Waals surface area (Å²) >= 11 is 0. The number of fused-ring (bicyclic) bond motifs is 1. The smallest absolute Gasteiger partial charge is 0.0699 e. The first-order chi connectivity index (χ1) is 8.90. The van der Waals surface area contributed by atoms with Gasteiger partial charge < -0.3 is 0 Å². The molecule has 1 heterocycles. The van der Waals surface area contributed by atoms with Crippen LogP contribution in [0.25, 0.3) is 0 Å². The van der Waals surface area contributed by atoms with E-state index in [1.54, 1.807) is 0 Å². The van der Waals surface area contributed by atoms with Gasteiger partial charge in [-0.05, 0) is 57.8 Å². The average Bonchev–Trinajstić information content (AvgIpc) is 2.26. The Kier molecular flexibility index (Phi) is 5.03. The van der Waals surface area contributed by atoms with E-state index in [0.29, 0.717) is 11.9 Å². The van der Waals surface area contributed by atoms with Crippen LogP contribution < -0.4 is 0 Å². The molecule has 5 atom stereocenters. The van der Waals surface area contributed by atoms with Gasteiger partial charge in [0.05, 0.1) is 7.85 Å². The van der Waals surface area contributed by atoms with E-state index in [4.69, 9.17) is 7.85 Å². The lowest BCUT2D eigenvalue weighted by Gasteiger charge is -2.54. The minimum Gasteiger partial charge on any atom is -0.295 e. The average molecular weight is 261 g/mol. The monoisotopic (exact) mass is 261 g/mol. The Morgan fingerprint density at radius 2 is 1.79 bits per heavy atom. The Morgan fingerprint density at radius 3 is 2.37 bits per heavy atom. The first-order valence-corrected chi connectivity index (χ1v) is 8.43. The van der Waals surface area contributed by atoms with Crippen molar-refractivity contribution in [3.63, 3.8) is 0 Å². The lowest BCUT2D eigenvalue weighted by atomic mass is 9.61. The first-order valence-electron chi connectivity index (χ1n) is 8.43. The number of likely N-dealkylation sites (tertiary alicyclic amines) is 1. The summed E-state index contributed by atoms with van der Waals surface area (Å²) in [6, 6.07) is 2.20. The van der Waals surface area contributed by atoms with Crippen molar-refractivity contribution in [2.45, 2.75) is 90.7 Å². The van der Waals surface area contributed by atoms with Crippen molar-refractivity contribution in [2.24, 2.45) is 17.8 Å². The van der Waals surface area contributed by atoms with Crippen molar-refractivity contribution < 1.29 is 0 Å². The van der Waals surface area contributed by atoms with Crippen LogP contribution in [0, 0.1) is 17.8 Å².